The summed E-state index contributed by atoms with van der Waals surface area (Å²) in [5.41, 5.74) is 1.44. The van der Waals surface area contributed by atoms with Crippen LogP contribution in [0.25, 0.3) is 5.69 Å². The van der Waals surface area contributed by atoms with Crippen LogP contribution in [0.3, 0.4) is 0 Å². The zero-order valence-corrected chi connectivity index (χ0v) is 10.2. The monoisotopic (exact) mass is 237 g/mol. The van der Waals surface area contributed by atoms with Crippen LogP contribution in [-0.2, 0) is 6.42 Å². The molecule has 4 nitrogen and oxygen atoms in total. The van der Waals surface area contributed by atoms with Gasteiger partial charge in [0, 0.05) is 5.56 Å². The summed E-state index contributed by atoms with van der Waals surface area (Å²) in [5, 5.41) is 6.50. The number of nitrogens with zero attached hydrogens (tertiary/aromatic N) is 2. The third-order valence-corrected chi connectivity index (χ3v) is 2.61. The SMILES string of the molecule is COc1ccc(-n2cn[nH]2)c(CC(C)C)c1F. The van der Waals surface area contributed by atoms with Crippen LogP contribution in [0.5, 0.6) is 5.75 Å². The summed E-state index contributed by atoms with van der Waals surface area (Å²) in [4.78, 5) is 0. The first kappa shape index (κ1) is 11.7. The second-order valence-corrected chi connectivity index (χ2v) is 4.39. The van der Waals surface area contributed by atoms with E-state index in [1.807, 2.05) is 6.07 Å². The molecule has 0 spiro atoms. The van der Waals surface area contributed by atoms with E-state index >= 15 is 0 Å². The Balaban J connectivity index is 2.50. The van der Waals surface area contributed by atoms with Gasteiger partial charge >= 0.3 is 0 Å². The molecule has 5 heteroatoms. The Morgan fingerprint density at radius 3 is 2.65 bits per heavy atom. The highest BCUT2D eigenvalue weighted by Gasteiger charge is 2.16. The molecule has 1 aromatic heterocycles. The van der Waals surface area contributed by atoms with Crippen LogP contribution in [0.15, 0.2) is 18.5 Å². The number of hydrogen-bond donors (Lipinski definition) is 1. The maximum Gasteiger partial charge on any atom is 0.170 e. The van der Waals surface area contributed by atoms with Crippen molar-refractivity contribution in [2.75, 3.05) is 7.11 Å². The highest BCUT2D eigenvalue weighted by Crippen LogP contribution is 2.28. The molecule has 2 aromatic rings. The quantitative estimate of drug-likeness (QED) is 0.888. The van der Waals surface area contributed by atoms with Gasteiger partial charge in [-0.25, -0.2) is 14.3 Å². The minimum Gasteiger partial charge on any atom is -0.494 e. The lowest BCUT2D eigenvalue weighted by Crippen LogP contribution is -2.13. The molecule has 1 heterocycles. The molecule has 0 bridgehead atoms. The minimum atomic E-state index is -0.291. The van der Waals surface area contributed by atoms with Gasteiger partial charge < -0.3 is 4.74 Å². The molecule has 2 rings (SSSR count). The molecular weight excluding hydrogens is 221 g/mol. The highest BCUT2D eigenvalue weighted by atomic mass is 19.1. The van der Waals surface area contributed by atoms with E-state index < -0.39 is 0 Å². The Kier molecular flexibility index (Phi) is 3.17. The highest BCUT2D eigenvalue weighted by molar-refractivity contribution is 5.46. The molecule has 0 unspecified atom stereocenters. The maximum absolute atomic E-state index is 14.2. The second kappa shape index (κ2) is 4.61. The van der Waals surface area contributed by atoms with E-state index in [0.29, 0.717) is 17.9 Å². The first-order valence-electron chi connectivity index (χ1n) is 5.57. The van der Waals surface area contributed by atoms with Crippen molar-refractivity contribution in [3.8, 4) is 11.4 Å². The van der Waals surface area contributed by atoms with Crippen LogP contribution in [0.2, 0.25) is 0 Å². The van der Waals surface area contributed by atoms with Crippen molar-refractivity contribution in [2.45, 2.75) is 20.3 Å². The molecule has 1 N–H and O–H groups in total. The Bertz CT molecular complexity index is 493. The third kappa shape index (κ3) is 2.18. The van der Waals surface area contributed by atoms with Crippen molar-refractivity contribution >= 4 is 0 Å². The Morgan fingerprint density at radius 1 is 1.47 bits per heavy atom. The van der Waals surface area contributed by atoms with Gasteiger partial charge in [-0.1, -0.05) is 13.8 Å². The molecule has 0 fully saturated rings. The molecule has 17 heavy (non-hydrogen) atoms. The fourth-order valence-electron chi connectivity index (χ4n) is 1.81. The maximum atomic E-state index is 14.2. The number of methoxy groups -OCH3 is 1. The normalized spacial score (nSPS) is 11.1. The first-order valence-corrected chi connectivity index (χ1v) is 5.57. The number of halogens is 1. The van der Waals surface area contributed by atoms with Crippen molar-refractivity contribution in [3.63, 3.8) is 0 Å². The number of aromatic amines is 1. The lowest BCUT2D eigenvalue weighted by Gasteiger charge is -2.17. The average Bonchev–Trinajstić information content (AvgIpc) is 2.20. The summed E-state index contributed by atoms with van der Waals surface area (Å²) >= 11 is 0. The Hall–Kier alpha value is -1.78. The van der Waals surface area contributed by atoms with Crippen LogP contribution in [0, 0.1) is 11.7 Å². The molecular formula is C12H16FN3O. The summed E-state index contributed by atoms with van der Waals surface area (Å²) < 4.78 is 20.9. The summed E-state index contributed by atoms with van der Waals surface area (Å²) in [6.45, 7) is 4.11. The topological polar surface area (TPSA) is 42.8 Å². The van der Waals surface area contributed by atoms with E-state index in [4.69, 9.17) is 4.74 Å². The van der Waals surface area contributed by atoms with Crippen molar-refractivity contribution < 1.29 is 9.13 Å². The summed E-state index contributed by atoms with van der Waals surface area (Å²) in [6.07, 6.45) is 2.27. The molecule has 1 aromatic carbocycles. The van der Waals surface area contributed by atoms with Gasteiger partial charge in [-0.15, -0.1) is 5.10 Å². The van der Waals surface area contributed by atoms with Gasteiger partial charge in [0.2, 0.25) is 0 Å². The predicted octanol–water partition coefficient (Wildman–Crippen LogP) is 2.55. The van der Waals surface area contributed by atoms with Crippen LogP contribution in [0.1, 0.15) is 19.4 Å². The van der Waals surface area contributed by atoms with Gasteiger partial charge in [0.25, 0.3) is 0 Å². The van der Waals surface area contributed by atoms with Crippen molar-refractivity contribution in [3.05, 3.63) is 29.8 Å². The van der Waals surface area contributed by atoms with E-state index in [-0.39, 0.29) is 11.6 Å². The number of nitrogens with one attached hydrogen (secondary N) is 1. The number of rotatable bonds is 4. The fraction of sp³-hybridized carbons (Fsp3) is 0.417. The molecule has 0 aliphatic rings. The van der Waals surface area contributed by atoms with Gasteiger partial charge in [0.15, 0.2) is 11.6 Å². The molecule has 0 aliphatic carbocycles. The zero-order chi connectivity index (χ0) is 12.4. The molecule has 0 saturated heterocycles. The molecule has 0 aliphatic heterocycles. The summed E-state index contributed by atoms with van der Waals surface area (Å²) in [6, 6.07) is 3.46. The van der Waals surface area contributed by atoms with Gasteiger partial charge in [0.1, 0.15) is 6.33 Å². The van der Waals surface area contributed by atoms with Crippen molar-refractivity contribution in [1.29, 1.82) is 0 Å². The summed E-state index contributed by atoms with van der Waals surface area (Å²) in [5.74, 6) is 0.358. The van der Waals surface area contributed by atoms with Crippen LogP contribution >= 0.6 is 0 Å². The standard InChI is InChI=1S/C12H16FN3O/c1-8(2)6-9-10(16-7-14-15-16)4-5-11(17-3)12(9)13/h4-5,7-8,15H,6H2,1-3H3. The van der Waals surface area contributed by atoms with Crippen LogP contribution in [0.4, 0.5) is 4.39 Å². The number of hydrogen-bond acceptors (Lipinski definition) is 2. The molecule has 0 amide bonds. The van der Waals surface area contributed by atoms with Gasteiger partial charge in [-0.2, -0.15) is 0 Å². The third-order valence-electron chi connectivity index (χ3n) is 2.61. The smallest absolute Gasteiger partial charge is 0.170 e. The van der Waals surface area contributed by atoms with Gasteiger partial charge in [0.05, 0.1) is 12.8 Å². The Morgan fingerprint density at radius 2 is 2.18 bits per heavy atom. The van der Waals surface area contributed by atoms with E-state index in [0.717, 1.165) is 5.69 Å². The molecule has 0 atom stereocenters. The van der Waals surface area contributed by atoms with Crippen molar-refractivity contribution in [2.24, 2.45) is 5.92 Å². The predicted molar refractivity (Wildman–Crippen MR) is 63.0 cm³/mol. The van der Waals surface area contributed by atoms with Gasteiger partial charge in [-0.05, 0) is 24.5 Å². The minimum absolute atomic E-state index is 0.280. The average molecular weight is 237 g/mol. The Labute approximate surface area is 99.4 Å². The summed E-state index contributed by atoms with van der Waals surface area (Å²) in [7, 11) is 1.47. The van der Waals surface area contributed by atoms with Crippen LogP contribution < -0.4 is 4.74 Å². The molecule has 0 radical (unpaired) electrons. The van der Waals surface area contributed by atoms with Gasteiger partial charge in [-0.3, -0.25) is 0 Å². The second-order valence-electron chi connectivity index (χ2n) is 4.39. The first-order chi connectivity index (χ1) is 8.13. The van der Waals surface area contributed by atoms with Crippen LogP contribution in [-0.4, -0.2) is 22.1 Å². The van der Waals surface area contributed by atoms with E-state index in [1.54, 1.807) is 17.1 Å². The largest absolute Gasteiger partial charge is 0.494 e. The van der Waals surface area contributed by atoms with E-state index in [2.05, 4.69) is 24.2 Å². The molecule has 0 saturated carbocycles. The number of ether oxygens (including phenoxy) is 1. The number of benzene rings is 1. The van der Waals surface area contributed by atoms with E-state index in [1.165, 1.54) is 7.11 Å². The fourth-order valence-corrected chi connectivity index (χ4v) is 1.81. The van der Waals surface area contributed by atoms with E-state index in [9.17, 15) is 4.39 Å². The number of aromatic nitrogens is 3. The molecule has 92 valence electrons. The number of H-pyrrole nitrogens is 1. The van der Waals surface area contributed by atoms with Crippen molar-refractivity contribution in [1.82, 2.24) is 15.0 Å². The lowest BCUT2D eigenvalue weighted by atomic mass is 10.00. The zero-order valence-electron chi connectivity index (χ0n) is 10.2. The lowest BCUT2D eigenvalue weighted by molar-refractivity contribution is 0.382.